The highest BCUT2D eigenvalue weighted by Gasteiger charge is 3.15. The number of halogens is 24. The van der Waals surface area contributed by atoms with Gasteiger partial charge in [0.25, 0.3) is 11.3 Å². The summed E-state index contributed by atoms with van der Waals surface area (Å²) in [5.74, 6) is -66.8. The molecule has 238 valence electrons. The van der Waals surface area contributed by atoms with Crippen molar-refractivity contribution in [2.24, 2.45) is 0 Å². The molecule has 0 aromatic heterocycles. The fourth-order valence-electron chi connectivity index (χ4n) is 2.91. The first-order valence-corrected chi connectivity index (χ1v) is 6.15. The van der Waals surface area contributed by atoms with Gasteiger partial charge in [-0.3, -0.25) is 28.2 Å². The van der Waals surface area contributed by atoms with Gasteiger partial charge in [-0.05, 0) is 0 Å². The summed E-state index contributed by atoms with van der Waals surface area (Å²) < 4.78 is 241. The van der Waals surface area contributed by atoms with Gasteiger partial charge in [-0.1, -0.05) is 0 Å². The molecule has 2 saturated carbocycles. The lowest BCUT2D eigenvalue weighted by Crippen LogP contribution is -2.98. The highest BCUT2D eigenvalue weighted by Crippen LogP contribution is 2.81. The molecule has 2 aliphatic rings. The summed E-state index contributed by atoms with van der Waals surface area (Å²) in [5, 5.41) is 0. The molecule has 0 atom stereocenters. The van der Waals surface area contributed by atoms with Gasteiger partial charge in [0, 0.05) is 0 Å². The Labute approximate surface area is 207 Å². The first-order valence-electron chi connectivity index (χ1n) is 6.15. The van der Waals surface area contributed by atoms with Crippen LogP contribution in [0.15, 0.2) is 0 Å². The van der Waals surface area contributed by atoms with Crippen molar-refractivity contribution in [1.29, 1.82) is 0 Å². The molecule has 27 heteroatoms. The van der Waals surface area contributed by atoms with Crippen LogP contribution in [-0.2, 0) is 0 Å². The SMILES string of the molecule is F.F.F.F.F.F.FC1(F)C(F)(F)C(F)(F)C2(F)C(F)(F)C(F)(F)C(F)(F)C(F)(F)C2(F)C1(F)F.S.S.S. The van der Waals surface area contributed by atoms with Crippen molar-refractivity contribution < 1.29 is 107 Å². The Morgan fingerprint density at radius 1 is 0.189 bits per heavy atom. The summed E-state index contributed by atoms with van der Waals surface area (Å²) in [5.41, 5.74) is -17.3. The number of rotatable bonds is 0. The average molecular weight is 684 g/mol. The third kappa shape index (κ3) is 4.07. The predicted octanol–water partition coefficient (Wildman–Crippen LogP) is 6.77. The van der Waals surface area contributed by atoms with E-state index in [0.717, 1.165) is 0 Å². The van der Waals surface area contributed by atoms with Crippen LogP contribution in [0.4, 0.5) is 107 Å². The molecule has 0 unspecified atom stereocenters. The van der Waals surface area contributed by atoms with E-state index in [1.807, 2.05) is 0 Å². The van der Waals surface area contributed by atoms with Crippen molar-refractivity contribution in [2.75, 3.05) is 0 Å². The fraction of sp³-hybridized carbons (Fsp3) is 1.00. The molecule has 0 amide bonds. The first kappa shape index (κ1) is 56.5. The van der Waals surface area contributed by atoms with E-state index in [-0.39, 0.29) is 68.7 Å². The monoisotopic (exact) mass is 684 g/mol. The largest absolute Gasteiger partial charge is 0.382 e. The van der Waals surface area contributed by atoms with Crippen LogP contribution in [0.1, 0.15) is 0 Å². The lowest BCUT2D eigenvalue weighted by molar-refractivity contribution is -0.560. The molecule has 37 heavy (non-hydrogen) atoms. The van der Waals surface area contributed by atoms with Crippen LogP contribution in [0.2, 0.25) is 0 Å². The second kappa shape index (κ2) is 11.9. The standard InChI is InChI=1S/C10F18.6FH.3H2S/c11-1-2(12,5(17,18)9(25,26)7(21,22)3(1,13)14)6(19,20)10(27,28)8(23,24)4(1,15)16;;;;;;;;;/h;6*1H;3*1H2. The zero-order valence-corrected chi connectivity index (χ0v) is 18.8. The molecule has 2 fully saturated rings. The van der Waals surface area contributed by atoms with Gasteiger partial charge in [-0.15, -0.1) is 0 Å². The minimum absolute atomic E-state index is 0. The quantitative estimate of drug-likeness (QED) is 0.248. The van der Waals surface area contributed by atoms with Crippen LogP contribution >= 0.6 is 40.5 Å². The Balaban J connectivity index is -0.000000156. The third-order valence-corrected chi connectivity index (χ3v) is 4.57. The number of fused-ring (bicyclic) bond motifs is 1. The maximum Gasteiger partial charge on any atom is 0.382 e. The van der Waals surface area contributed by atoms with Crippen molar-refractivity contribution in [3.05, 3.63) is 0 Å². The number of alkyl halides is 18. The minimum atomic E-state index is -8.64. The molecule has 0 heterocycles. The summed E-state index contributed by atoms with van der Waals surface area (Å²) >= 11 is 0. The molecule has 0 aromatic carbocycles. The van der Waals surface area contributed by atoms with Crippen LogP contribution in [0.25, 0.3) is 0 Å². The van der Waals surface area contributed by atoms with Gasteiger partial charge < -0.3 is 0 Å². The Hall–Kier alpha value is -0.630. The average Bonchev–Trinajstić information content (AvgIpc) is 2.49. The normalized spacial score (nSPS) is 32.6. The second-order valence-electron chi connectivity index (χ2n) is 5.91. The smallest absolute Gasteiger partial charge is 0.269 e. The maximum absolute atomic E-state index is 14.2. The summed E-state index contributed by atoms with van der Waals surface area (Å²) in [4.78, 5) is 0. The first-order chi connectivity index (χ1) is 11.8. The predicted molar refractivity (Wildman–Crippen MR) is 93.4 cm³/mol. The van der Waals surface area contributed by atoms with Crippen molar-refractivity contribution >= 4 is 40.5 Å². The van der Waals surface area contributed by atoms with E-state index in [1.165, 1.54) is 0 Å². The molecular formula is C10H12F24S3. The summed E-state index contributed by atoms with van der Waals surface area (Å²) in [7, 11) is 0. The van der Waals surface area contributed by atoms with Crippen molar-refractivity contribution in [2.45, 2.75) is 58.7 Å². The maximum atomic E-state index is 14.2. The molecular weight excluding hydrogens is 672 g/mol. The fourth-order valence-corrected chi connectivity index (χ4v) is 2.91. The molecule has 0 N–H and O–H groups in total. The molecule has 0 aliphatic heterocycles. The molecule has 0 saturated heterocycles. The van der Waals surface area contributed by atoms with Gasteiger partial charge in [0.1, 0.15) is 0 Å². The van der Waals surface area contributed by atoms with Crippen LogP contribution in [0.3, 0.4) is 0 Å². The van der Waals surface area contributed by atoms with Crippen molar-refractivity contribution in [3.8, 4) is 0 Å². The Bertz CT molecular complexity index is 606. The Morgan fingerprint density at radius 3 is 0.351 bits per heavy atom. The van der Waals surface area contributed by atoms with Crippen LogP contribution in [-0.4, -0.2) is 58.7 Å². The Morgan fingerprint density at radius 2 is 0.270 bits per heavy atom. The molecule has 2 rings (SSSR count). The van der Waals surface area contributed by atoms with Gasteiger partial charge >= 0.3 is 47.4 Å². The summed E-state index contributed by atoms with van der Waals surface area (Å²) in [6, 6.07) is 0. The second-order valence-corrected chi connectivity index (χ2v) is 5.91. The number of hydrogen-bond acceptors (Lipinski definition) is 0. The van der Waals surface area contributed by atoms with Gasteiger partial charge in [-0.2, -0.15) is 111 Å². The third-order valence-electron chi connectivity index (χ3n) is 4.57. The van der Waals surface area contributed by atoms with Crippen LogP contribution in [0.5, 0.6) is 0 Å². The van der Waals surface area contributed by atoms with Crippen molar-refractivity contribution in [1.82, 2.24) is 0 Å². The summed E-state index contributed by atoms with van der Waals surface area (Å²) in [6.45, 7) is 0. The van der Waals surface area contributed by atoms with Gasteiger partial charge in [0.2, 0.25) is 0 Å². The van der Waals surface area contributed by atoms with E-state index in [4.69, 9.17) is 0 Å². The van der Waals surface area contributed by atoms with Crippen LogP contribution < -0.4 is 0 Å². The molecule has 0 bridgehead atoms. The van der Waals surface area contributed by atoms with E-state index in [9.17, 15) is 79.0 Å². The molecule has 0 aromatic rings. The van der Waals surface area contributed by atoms with E-state index >= 15 is 0 Å². The highest BCUT2D eigenvalue weighted by atomic mass is 32.1. The van der Waals surface area contributed by atoms with E-state index in [1.54, 1.807) is 0 Å². The topological polar surface area (TPSA) is 0 Å². The van der Waals surface area contributed by atoms with Gasteiger partial charge in [0.15, 0.2) is 0 Å². The van der Waals surface area contributed by atoms with E-state index in [2.05, 4.69) is 0 Å². The van der Waals surface area contributed by atoms with Crippen LogP contribution in [0, 0.1) is 0 Å². The number of hydrogen-bond donors (Lipinski definition) is 0. The van der Waals surface area contributed by atoms with Crippen molar-refractivity contribution in [3.63, 3.8) is 0 Å². The molecule has 2 aliphatic carbocycles. The molecule has 0 spiro atoms. The van der Waals surface area contributed by atoms with E-state index < -0.39 is 58.7 Å². The minimum Gasteiger partial charge on any atom is -0.269 e. The van der Waals surface area contributed by atoms with Gasteiger partial charge in [0.05, 0.1) is 0 Å². The zero-order chi connectivity index (χ0) is 23.0. The lowest BCUT2D eigenvalue weighted by Gasteiger charge is -2.63. The van der Waals surface area contributed by atoms with E-state index in [0.29, 0.717) is 0 Å². The Kier molecular flexibility index (Phi) is 18.1. The van der Waals surface area contributed by atoms with Gasteiger partial charge in [-0.25, -0.2) is 8.78 Å². The summed E-state index contributed by atoms with van der Waals surface area (Å²) in [6.07, 6.45) is 0. The molecule has 0 radical (unpaired) electrons. The zero-order valence-electron chi connectivity index (χ0n) is 15.8. The lowest BCUT2D eigenvalue weighted by atomic mass is 9.54. The highest BCUT2D eigenvalue weighted by molar-refractivity contribution is 7.59. The molecule has 0 nitrogen and oxygen atoms in total.